The number of alkyl halides is 1. The maximum absolute atomic E-state index is 13.2. The number of rotatable bonds is 6. The number of nitrogens with zero attached hydrogens (tertiary/aromatic N) is 3. The lowest BCUT2D eigenvalue weighted by Gasteiger charge is -2.38. The Bertz CT molecular complexity index is 1090. The van der Waals surface area contributed by atoms with Gasteiger partial charge in [-0.15, -0.1) is 22.9 Å². The van der Waals surface area contributed by atoms with Gasteiger partial charge < -0.3 is 9.64 Å². The lowest BCUT2D eigenvalue weighted by molar-refractivity contribution is 0.379. The summed E-state index contributed by atoms with van der Waals surface area (Å²) in [6, 6.07) is 7.98. The molecule has 2 aliphatic rings. The van der Waals surface area contributed by atoms with Crippen molar-refractivity contribution in [2.45, 2.75) is 23.5 Å². The molecule has 0 bridgehead atoms. The van der Waals surface area contributed by atoms with Gasteiger partial charge in [-0.2, -0.15) is 4.31 Å². The quantitative estimate of drug-likeness (QED) is 0.591. The number of benzene rings is 1. The van der Waals surface area contributed by atoms with E-state index in [1.807, 2.05) is 18.2 Å². The minimum absolute atomic E-state index is 0.425. The van der Waals surface area contributed by atoms with Gasteiger partial charge >= 0.3 is 0 Å². The molecule has 6 nitrogen and oxygen atoms in total. The largest absolute Gasteiger partial charge is 0.497 e. The van der Waals surface area contributed by atoms with E-state index < -0.39 is 20.1 Å². The maximum atomic E-state index is 13.2. The van der Waals surface area contributed by atoms with Crippen LogP contribution in [0.5, 0.6) is 5.75 Å². The van der Waals surface area contributed by atoms with Crippen LogP contribution in [0.1, 0.15) is 18.2 Å². The first-order valence-electron chi connectivity index (χ1n) is 10.2. The molecule has 1 aliphatic heterocycles. The summed E-state index contributed by atoms with van der Waals surface area (Å²) < 4.78 is 33.2. The van der Waals surface area contributed by atoms with Crippen molar-refractivity contribution in [1.29, 1.82) is 0 Å². The standard InChI is InChI=1S/C22H26ClN3O3S2/c1-22(23)9-4-3-8-20(22)31(27,28)26-12-10-25(11-13-26)21-24-18(16-30-21)14-17-6-5-7-19(15-17)29-2/h3-9,15-16,20H,10-14H2,1-2H3. The Hall–Kier alpha value is -1.87. The van der Waals surface area contributed by atoms with E-state index in [1.165, 1.54) is 0 Å². The van der Waals surface area contributed by atoms with Crippen molar-refractivity contribution in [3.8, 4) is 5.75 Å². The van der Waals surface area contributed by atoms with Crippen LogP contribution in [-0.4, -0.2) is 61.1 Å². The highest BCUT2D eigenvalue weighted by Gasteiger charge is 2.43. The normalized spacial score (nSPS) is 24.5. The molecule has 0 N–H and O–H groups in total. The molecule has 2 heterocycles. The molecule has 1 aromatic heterocycles. The van der Waals surface area contributed by atoms with Crippen molar-refractivity contribution < 1.29 is 13.2 Å². The number of piperazine rings is 1. The second-order valence-electron chi connectivity index (χ2n) is 7.90. The summed E-state index contributed by atoms with van der Waals surface area (Å²) in [4.78, 5) is 6.00. The third-order valence-corrected chi connectivity index (χ3v) is 9.44. The minimum Gasteiger partial charge on any atom is -0.497 e. The highest BCUT2D eigenvalue weighted by Crippen LogP contribution is 2.33. The van der Waals surface area contributed by atoms with Crippen LogP contribution in [0.3, 0.4) is 0 Å². The molecule has 0 spiro atoms. The molecular formula is C22H26ClN3O3S2. The summed E-state index contributed by atoms with van der Waals surface area (Å²) >= 11 is 8.08. The Balaban J connectivity index is 1.39. The molecule has 2 aromatic rings. The number of thiazole rings is 1. The van der Waals surface area contributed by atoms with Crippen LogP contribution in [-0.2, 0) is 16.4 Å². The molecule has 1 aliphatic carbocycles. The Morgan fingerprint density at radius 2 is 2.03 bits per heavy atom. The first-order chi connectivity index (χ1) is 14.8. The molecule has 2 atom stereocenters. The van der Waals surface area contributed by atoms with E-state index in [-0.39, 0.29) is 0 Å². The molecule has 2 unspecified atom stereocenters. The van der Waals surface area contributed by atoms with Crippen LogP contribution in [0.4, 0.5) is 5.13 Å². The van der Waals surface area contributed by atoms with Crippen molar-refractivity contribution in [2.24, 2.45) is 0 Å². The van der Waals surface area contributed by atoms with Gasteiger partial charge in [0.2, 0.25) is 10.0 Å². The number of ether oxygens (including phenoxy) is 1. The lowest BCUT2D eigenvalue weighted by Crippen LogP contribution is -2.54. The zero-order valence-corrected chi connectivity index (χ0v) is 20.0. The number of halogens is 1. The van der Waals surface area contributed by atoms with E-state index in [2.05, 4.69) is 16.3 Å². The van der Waals surface area contributed by atoms with Gasteiger partial charge in [0.05, 0.1) is 17.7 Å². The van der Waals surface area contributed by atoms with Crippen molar-refractivity contribution >= 4 is 38.1 Å². The average Bonchev–Trinajstić information content (AvgIpc) is 3.22. The van der Waals surface area contributed by atoms with E-state index >= 15 is 0 Å². The molecule has 0 radical (unpaired) electrons. The van der Waals surface area contributed by atoms with Crippen molar-refractivity contribution in [2.75, 3.05) is 38.2 Å². The number of allylic oxidation sites excluding steroid dienone is 3. The van der Waals surface area contributed by atoms with Gasteiger partial charge in [0, 0.05) is 38.0 Å². The summed E-state index contributed by atoms with van der Waals surface area (Å²) in [7, 11) is -1.87. The molecule has 4 rings (SSSR count). The van der Waals surface area contributed by atoms with Gasteiger partial charge in [-0.1, -0.05) is 36.4 Å². The van der Waals surface area contributed by atoms with Crippen LogP contribution in [0.2, 0.25) is 0 Å². The lowest BCUT2D eigenvalue weighted by atomic mass is 10.0. The third kappa shape index (κ3) is 4.82. The van der Waals surface area contributed by atoms with Gasteiger partial charge in [-0.25, -0.2) is 13.4 Å². The summed E-state index contributed by atoms with van der Waals surface area (Å²) in [5, 5.41) is 2.24. The molecule has 1 saturated heterocycles. The van der Waals surface area contributed by atoms with Gasteiger partial charge in [-0.05, 0) is 24.6 Å². The topological polar surface area (TPSA) is 62.7 Å². The van der Waals surface area contributed by atoms with E-state index in [9.17, 15) is 8.42 Å². The highest BCUT2D eigenvalue weighted by atomic mass is 35.5. The fourth-order valence-corrected chi connectivity index (χ4v) is 7.20. The average molecular weight is 480 g/mol. The second-order valence-corrected chi connectivity index (χ2v) is 11.6. The second kappa shape index (κ2) is 8.94. The van der Waals surface area contributed by atoms with Crippen LogP contribution in [0, 0.1) is 0 Å². The summed E-state index contributed by atoms with van der Waals surface area (Å²) in [5.74, 6) is 0.835. The number of sulfonamides is 1. The maximum Gasteiger partial charge on any atom is 0.222 e. The number of hydrogen-bond acceptors (Lipinski definition) is 6. The summed E-state index contributed by atoms with van der Waals surface area (Å²) in [6.45, 7) is 3.81. The SMILES string of the molecule is COc1cccc(Cc2csc(N3CCN(S(=O)(=O)C4C=CC=CC4(C)Cl)CC3)n2)c1. The van der Waals surface area contributed by atoms with Crippen LogP contribution < -0.4 is 9.64 Å². The van der Waals surface area contributed by atoms with Gasteiger partial charge in [-0.3, -0.25) is 0 Å². The Morgan fingerprint density at radius 3 is 2.74 bits per heavy atom. The van der Waals surface area contributed by atoms with Crippen LogP contribution in [0.15, 0.2) is 53.9 Å². The first-order valence-corrected chi connectivity index (χ1v) is 12.9. The van der Waals surface area contributed by atoms with Gasteiger partial charge in [0.1, 0.15) is 11.0 Å². The molecule has 9 heteroatoms. The van der Waals surface area contributed by atoms with E-state index in [0.717, 1.165) is 28.6 Å². The van der Waals surface area contributed by atoms with Crippen molar-refractivity contribution in [3.63, 3.8) is 0 Å². The molecule has 0 amide bonds. The first kappa shape index (κ1) is 22.3. The van der Waals surface area contributed by atoms with Crippen molar-refractivity contribution in [1.82, 2.24) is 9.29 Å². The highest BCUT2D eigenvalue weighted by molar-refractivity contribution is 7.90. The predicted octanol–water partition coefficient (Wildman–Crippen LogP) is 3.69. The monoisotopic (exact) mass is 479 g/mol. The fraction of sp³-hybridized carbons (Fsp3) is 0.409. The molecule has 1 aromatic carbocycles. The number of aromatic nitrogens is 1. The number of methoxy groups -OCH3 is 1. The van der Waals surface area contributed by atoms with Crippen LogP contribution in [0.25, 0.3) is 0 Å². The Kier molecular flexibility index (Phi) is 6.44. The fourth-order valence-electron chi connectivity index (χ4n) is 3.89. The van der Waals surface area contributed by atoms with Gasteiger partial charge in [0.25, 0.3) is 0 Å². The number of hydrogen-bond donors (Lipinski definition) is 0. The van der Waals surface area contributed by atoms with Crippen LogP contribution >= 0.6 is 22.9 Å². The third-order valence-electron chi connectivity index (χ3n) is 5.62. The number of anilines is 1. The molecule has 166 valence electrons. The van der Waals surface area contributed by atoms with E-state index in [4.69, 9.17) is 21.3 Å². The summed E-state index contributed by atoms with van der Waals surface area (Å²) in [5.41, 5.74) is 2.14. The Morgan fingerprint density at radius 1 is 1.26 bits per heavy atom. The summed E-state index contributed by atoms with van der Waals surface area (Å²) in [6.07, 6.45) is 7.70. The smallest absolute Gasteiger partial charge is 0.222 e. The minimum atomic E-state index is -3.53. The molecule has 1 fully saturated rings. The zero-order chi connectivity index (χ0) is 22.1. The zero-order valence-electron chi connectivity index (χ0n) is 17.6. The van der Waals surface area contributed by atoms with E-state index in [0.29, 0.717) is 26.2 Å². The molecular weight excluding hydrogens is 454 g/mol. The molecule has 31 heavy (non-hydrogen) atoms. The predicted molar refractivity (Wildman–Crippen MR) is 127 cm³/mol. The molecule has 0 saturated carbocycles. The Labute approximate surface area is 192 Å². The van der Waals surface area contributed by atoms with Gasteiger partial charge in [0.15, 0.2) is 5.13 Å². The van der Waals surface area contributed by atoms with E-state index in [1.54, 1.807) is 54.0 Å². The van der Waals surface area contributed by atoms with Crippen molar-refractivity contribution in [3.05, 3.63) is 65.2 Å².